The van der Waals surface area contributed by atoms with Crippen LogP contribution in [0, 0.1) is 0 Å². The first kappa shape index (κ1) is 17.3. The van der Waals surface area contributed by atoms with Crippen molar-refractivity contribution < 1.29 is 19.1 Å². The topological polar surface area (TPSA) is 86.1 Å². The Balaban J connectivity index is 1.25. The van der Waals surface area contributed by atoms with E-state index in [2.05, 4.69) is 15.1 Å². The van der Waals surface area contributed by atoms with E-state index < -0.39 is 5.60 Å². The van der Waals surface area contributed by atoms with E-state index in [0.717, 1.165) is 5.56 Å². The highest BCUT2D eigenvalue weighted by atomic mass is 16.7. The van der Waals surface area contributed by atoms with E-state index in [1.165, 1.54) is 6.33 Å². The van der Waals surface area contributed by atoms with E-state index >= 15 is 0 Å². The van der Waals surface area contributed by atoms with Crippen molar-refractivity contribution in [2.24, 2.45) is 5.16 Å². The van der Waals surface area contributed by atoms with Gasteiger partial charge < -0.3 is 19.2 Å². The van der Waals surface area contributed by atoms with E-state index in [1.54, 1.807) is 17.3 Å². The molecule has 2 aliphatic rings. The summed E-state index contributed by atoms with van der Waals surface area (Å²) in [5.74, 6) is 1.03. The molecular formula is C19H20N4O4. The molecule has 0 bridgehead atoms. The van der Waals surface area contributed by atoms with Gasteiger partial charge in [0, 0.05) is 25.9 Å². The highest BCUT2D eigenvalue weighted by Gasteiger charge is 2.44. The summed E-state index contributed by atoms with van der Waals surface area (Å²) in [5, 5.41) is 4.06. The summed E-state index contributed by atoms with van der Waals surface area (Å²) in [6.45, 7) is 1.40. The first-order chi connectivity index (χ1) is 13.2. The lowest BCUT2D eigenvalue weighted by Gasteiger charge is -2.36. The number of hydrogen-bond acceptors (Lipinski definition) is 7. The molecule has 4 rings (SSSR count). The van der Waals surface area contributed by atoms with Crippen LogP contribution >= 0.6 is 0 Å². The van der Waals surface area contributed by atoms with Gasteiger partial charge in [-0.25, -0.2) is 14.8 Å². The monoisotopic (exact) mass is 368 g/mol. The molecule has 8 heteroatoms. The molecule has 0 aliphatic carbocycles. The Morgan fingerprint density at radius 2 is 1.89 bits per heavy atom. The van der Waals surface area contributed by atoms with E-state index in [-0.39, 0.29) is 12.7 Å². The summed E-state index contributed by atoms with van der Waals surface area (Å²) in [6.07, 6.45) is 6.20. The van der Waals surface area contributed by atoms with Crippen LogP contribution in [0.3, 0.4) is 0 Å². The van der Waals surface area contributed by atoms with Crippen molar-refractivity contribution in [2.75, 3.05) is 13.1 Å². The lowest BCUT2D eigenvalue weighted by atomic mass is 9.89. The number of carbonyl (C=O) groups excluding carboxylic acids is 1. The largest absolute Gasteiger partial charge is 0.445 e. The van der Waals surface area contributed by atoms with Gasteiger partial charge in [-0.15, -0.1) is 0 Å². The standard InChI is InChI=1S/C19H20N4O4/c24-18(25-13-15-4-2-1-3-5-15)23-8-6-19(7-9-23)10-17(22-27-19)26-16-11-20-14-21-12-16/h1-5,11-12,14H,6-10,13H2. The SMILES string of the molecule is O=C(OCc1ccccc1)N1CCC2(CC1)CC(Oc1cncnc1)=NO2. The van der Waals surface area contributed by atoms with Gasteiger partial charge in [0.2, 0.25) is 5.90 Å². The van der Waals surface area contributed by atoms with Gasteiger partial charge in [0.15, 0.2) is 5.75 Å². The quantitative estimate of drug-likeness (QED) is 0.828. The van der Waals surface area contributed by atoms with Crippen LogP contribution in [0.25, 0.3) is 0 Å². The number of ether oxygens (including phenoxy) is 2. The molecule has 2 aromatic rings. The van der Waals surface area contributed by atoms with Crippen LogP contribution in [0.1, 0.15) is 24.8 Å². The van der Waals surface area contributed by atoms with Crippen molar-refractivity contribution in [3.63, 3.8) is 0 Å². The number of piperidine rings is 1. The molecule has 1 saturated heterocycles. The van der Waals surface area contributed by atoms with Crippen LogP contribution in [-0.4, -0.2) is 45.5 Å². The lowest BCUT2D eigenvalue weighted by molar-refractivity contribution is -0.0596. The fraction of sp³-hybridized carbons (Fsp3) is 0.368. The van der Waals surface area contributed by atoms with E-state index in [4.69, 9.17) is 14.3 Å². The first-order valence-corrected chi connectivity index (χ1v) is 8.86. The maximum Gasteiger partial charge on any atom is 0.410 e. The average Bonchev–Trinajstić information content (AvgIpc) is 3.10. The molecule has 0 N–H and O–H groups in total. The third-order valence-electron chi connectivity index (χ3n) is 4.73. The molecule has 0 saturated carbocycles. The first-order valence-electron chi connectivity index (χ1n) is 8.86. The van der Waals surface area contributed by atoms with Crippen LogP contribution in [-0.2, 0) is 16.2 Å². The lowest BCUT2D eigenvalue weighted by Crippen LogP contribution is -2.47. The molecule has 0 atom stereocenters. The minimum absolute atomic E-state index is 0.276. The fourth-order valence-electron chi connectivity index (χ4n) is 3.19. The number of likely N-dealkylation sites (tertiary alicyclic amines) is 1. The molecule has 1 aromatic carbocycles. The number of nitrogens with zero attached hydrogens (tertiary/aromatic N) is 4. The summed E-state index contributed by atoms with van der Waals surface area (Å²) in [7, 11) is 0. The van der Waals surface area contributed by atoms with E-state index in [9.17, 15) is 4.79 Å². The van der Waals surface area contributed by atoms with Crippen LogP contribution < -0.4 is 4.74 Å². The van der Waals surface area contributed by atoms with Gasteiger partial charge in [0.25, 0.3) is 0 Å². The van der Waals surface area contributed by atoms with Crippen molar-refractivity contribution in [1.82, 2.24) is 14.9 Å². The Bertz CT molecular complexity index is 805. The van der Waals surface area contributed by atoms with Gasteiger partial charge in [-0.2, -0.15) is 0 Å². The van der Waals surface area contributed by atoms with Gasteiger partial charge in [-0.1, -0.05) is 35.5 Å². The minimum Gasteiger partial charge on any atom is -0.445 e. The smallest absolute Gasteiger partial charge is 0.410 e. The highest BCUT2D eigenvalue weighted by molar-refractivity contribution is 5.80. The second-order valence-electron chi connectivity index (χ2n) is 6.64. The zero-order valence-corrected chi connectivity index (χ0v) is 14.8. The normalized spacial score (nSPS) is 17.9. The molecule has 0 unspecified atom stereocenters. The second kappa shape index (κ2) is 7.61. The summed E-state index contributed by atoms with van der Waals surface area (Å²) in [4.78, 5) is 27.5. The summed E-state index contributed by atoms with van der Waals surface area (Å²) in [5.41, 5.74) is 0.555. The van der Waals surface area contributed by atoms with Gasteiger partial charge >= 0.3 is 6.09 Å². The Morgan fingerprint density at radius 3 is 2.63 bits per heavy atom. The van der Waals surface area contributed by atoms with Crippen molar-refractivity contribution in [3.05, 3.63) is 54.6 Å². The third-order valence-corrected chi connectivity index (χ3v) is 4.73. The Kier molecular flexibility index (Phi) is 4.86. The van der Waals surface area contributed by atoms with Crippen LogP contribution in [0.15, 0.2) is 54.2 Å². The Morgan fingerprint density at radius 1 is 1.15 bits per heavy atom. The average molecular weight is 368 g/mol. The zero-order valence-electron chi connectivity index (χ0n) is 14.8. The van der Waals surface area contributed by atoms with Crippen LogP contribution in [0.2, 0.25) is 0 Å². The van der Waals surface area contributed by atoms with Crippen molar-refractivity contribution in [3.8, 4) is 5.75 Å². The molecule has 1 aromatic heterocycles. The minimum atomic E-state index is -0.415. The maximum absolute atomic E-state index is 12.3. The Labute approximate surface area is 156 Å². The number of aromatic nitrogens is 2. The molecule has 0 radical (unpaired) electrons. The zero-order chi connectivity index (χ0) is 18.5. The number of oxime groups is 1. The fourth-order valence-corrected chi connectivity index (χ4v) is 3.19. The maximum atomic E-state index is 12.3. The van der Waals surface area contributed by atoms with Crippen LogP contribution in [0.5, 0.6) is 5.75 Å². The predicted octanol–water partition coefficient (Wildman–Crippen LogP) is 2.76. The molecule has 3 heterocycles. The predicted molar refractivity (Wildman–Crippen MR) is 96.0 cm³/mol. The summed E-state index contributed by atoms with van der Waals surface area (Å²) >= 11 is 0. The number of hydrogen-bond donors (Lipinski definition) is 0. The van der Waals surface area contributed by atoms with Crippen LogP contribution in [0.4, 0.5) is 4.79 Å². The van der Waals surface area contributed by atoms with Gasteiger partial charge in [0.05, 0.1) is 18.8 Å². The number of amides is 1. The molecule has 2 aliphatic heterocycles. The number of carbonyl (C=O) groups is 1. The van der Waals surface area contributed by atoms with Gasteiger partial charge in [-0.05, 0) is 5.56 Å². The second-order valence-corrected chi connectivity index (χ2v) is 6.64. The molecule has 8 nitrogen and oxygen atoms in total. The van der Waals surface area contributed by atoms with E-state index in [0.29, 0.717) is 44.0 Å². The molecule has 1 amide bonds. The molecule has 1 fully saturated rings. The van der Waals surface area contributed by atoms with Crippen molar-refractivity contribution in [2.45, 2.75) is 31.5 Å². The number of rotatable bonds is 3. The highest BCUT2D eigenvalue weighted by Crippen LogP contribution is 2.35. The van der Waals surface area contributed by atoms with Crippen molar-refractivity contribution >= 4 is 12.0 Å². The van der Waals surface area contributed by atoms with Crippen molar-refractivity contribution in [1.29, 1.82) is 0 Å². The number of benzene rings is 1. The van der Waals surface area contributed by atoms with E-state index in [1.807, 2.05) is 30.3 Å². The molecular weight excluding hydrogens is 348 g/mol. The van der Waals surface area contributed by atoms with Gasteiger partial charge in [-0.3, -0.25) is 0 Å². The third kappa shape index (κ3) is 4.16. The van der Waals surface area contributed by atoms with Gasteiger partial charge in [0.1, 0.15) is 18.5 Å². The molecule has 27 heavy (non-hydrogen) atoms. The molecule has 140 valence electrons. The summed E-state index contributed by atoms with van der Waals surface area (Å²) < 4.78 is 11.1. The molecule has 1 spiro atoms. The Hall–Kier alpha value is -3.16. The summed E-state index contributed by atoms with van der Waals surface area (Å²) in [6, 6.07) is 9.64.